The number of carbonyl (C=O) groups excluding carboxylic acids is 5. The molecule has 360 valence electrons. The molecule has 5 N–H and O–H groups in total. The number of alkyl halides is 2. The minimum atomic E-state index is -2.40. The van der Waals surface area contributed by atoms with Crippen molar-refractivity contribution in [3.63, 3.8) is 0 Å². The van der Waals surface area contributed by atoms with Crippen molar-refractivity contribution in [1.82, 2.24) is 10.2 Å². The van der Waals surface area contributed by atoms with Gasteiger partial charge in [0.05, 0.1) is 45.1 Å². The summed E-state index contributed by atoms with van der Waals surface area (Å²) >= 11 is 1.45. The lowest BCUT2D eigenvalue weighted by Gasteiger charge is -2.68. The van der Waals surface area contributed by atoms with Gasteiger partial charge in [-0.05, 0) is 86.2 Å². The number of ketones is 2. The Morgan fingerprint density at radius 2 is 1.67 bits per heavy atom. The molecule has 6 aliphatic rings. The number of nitrogens with zero attached hydrogens (tertiary/aromatic N) is 1. The molecular formula is C49H57F2N3O12S. The van der Waals surface area contributed by atoms with E-state index in [4.69, 9.17) is 18.9 Å². The Morgan fingerprint density at radius 1 is 0.925 bits per heavy atom. The highest BCUT2D eigenvalue weighted by Gasteiger charge is 2.83. The summed E-state index contributed by atoms with van der Waals surface area (Å²) < 4.78 is 58.5. The van der Waals surface area contributed by atoms with Gasteiger partial charge in [-0.15, -0.1) is 0 Å². The highest BCUT2D eigenvalue weighted by molar-refractivity contribution is 7.99. The van der Waals surface area contributed by atoms with Crippen LogP contribution >= 0.6 is 11.8 Å². The van der Waals surface area contributed by atoms with Crippen molar-refractivity contribution in [1.29, 1.82) is 0 Å². The normalized spacial score (nSPS) is 34.9. The smallest absolute Gasteiger partial charge is 0.248 e. The molecular weight excluding hydrogens is 893 g/mol. The summed E-state index contributed by atoms with van der Waals surface area (Å²) in [6.07, 6.45) is -0.235. The fourth-order valence-electron chi connectivity index (χ4n) is 11.9. The molecule has 2 aromatic rings. The summed E-state index contributed by atoms with van der Waals surface area (Å²) in [6, 6.07) is 14.7. The second kappa shape index (κ2) is 19.0. The number of aliphatic hydroxyl groups is 3. The molecule has 18 heteroatoms. The second-order valence-corrected chi connectivity index (χ2v) is 19.9. The number of Topliss-reactive ketones (excluding diaryl/α,β-unsaturated/α-hetero) is 1. The Hall–Kier alpha value is -4.66. The topological polar surface area (TPSA) is 210 Å². The molecule has 3 saturated carbocycles. The third kappa shape index (κ3) is 8.51. The van der Waals surface area contributed by atoms with Crippen LogP contribution in [0.1, 0.15) is 64.7 Å². The van der Waals surface area contributed by atoms with Gasteiger partial charge in [-0.3, -0.25) is 24.0 Å². The minimum Gasteiger partial charge on any atom is -0.390 e. The summed E-state index contributed by atoms with van der Waals surface area (Å²) in [5.41, 5.74) is -7.39. The van der Waals surface area contributed by atoms with Crippen LogP contribution in [0.5, 0.6) is 0 Å². The number of benzene rings is 2. The maximum Gasteiger partial charge on any atom is 0.248 e. The molecule has 0 spiro atoms. The molecule has 8 rings (SSSR count). The highest BCUT2D eigenvalue weighted by Crippen LogP contribution is 2.76. The lowest BCUT2D eigenvalue weighted by atomic mass is 9.38. The van der Waals surface area contributed by atoms with Crippen molar-refractivity contribution < 1.29 is 67.0 Å². The van der Waals surface area contributed by atoms with E-state index >= 15 is 8.78 Å². The molecule has 15 nitrogen and oxygen atoms in total. The van der Waals surface area contributed by atoms with E-state index in [0.717, 1.165) is 15.9 Å². The predicted octanol–water partition coefficient (Wildman–Crippen LogP) is 4.46. The summed E-state index contributed by atoms with van der Waals surface area (Å²) in [4.78, 5) is 65.5. The van der Waals surface area contributed by atoms with Crippen molar-refractivity contribution in [2.45, 2.75) is 105 Å². The number of anilines is 1. The molecule has 0 radical (unpaired) electrons. The molecule has 67 heavy (non-hydrogen) atoms. The Balaban J connectivity index is 0.812. The molecule has 2 aromatic carbocycles. The SMILES string of the molecule is CC12C[C@H](F)C3=CC(=O)C=C[C@]3(C)[C@@]1(F)[C@@H](O)C[C@@]1(C)[C@H]2CC2O[C@@H](c3ccc(Sc4cccc(NC(=O)CCOCCOCCNC(=O)CCN5C(=O)C=CC5O)c4)cc3)O[C@]21C(=O)CO. The average Bonchev–Trinajstić information content (AvgIpc) is 3.92. The molecule has 3 amide bonds. The zero-order chi connectivity index (χ0) is 47.9. The Morgan fingerprint density at radius 3 is 2.39 bits per heavy atom. The molecule has 4 fully saturated rings. The molecule has 3 unspecified atom stereocenters. The third-order valence-corrected chi connectivity index (χ3v) is 16.0. The number of halogens is 2. The number of amides is 3. The lowest BCUT2D eigenvalue weighted by Crippen LogP contribution is -2.74. The van der Waals surface area contributed by atoms with Crippen LogP contribution in [-0.2, 0) is 42.9 Å². The first-order valence-corrected chi connectivity index (χ1v) is 23.4. The molecule has 11 atom stereocenters. The van der Waals surface area contributed by atoms with E-state index in [9.17, 15) is 39.3 Å². The maximum atomic E-state index is 18.1. The number of rotatable bonds is 18. The summed E-state index contributed by atoms with van der Waals surface area (Å²) in [6.45, 7) is 5.34. The predicted molar refractivity (Wildman–Crippen MR) is 239 cm³/mol. The van der Waals surface area contributed by atoms with E-state index in [-0.39, 0.29) is 94.9 Å². The molecule has 0 bridgehead atoms. The summed E-state index contributed by atoms with van der Waals surface area (Å²) in [5.74, 6) is -2.65. The van der Waals surface area contributed by atoms with Crippen molar-refractivity contribution in [2.24, 2.45) is 22.2 Å². The third-order valence-electron chi connectivity index (χ3n) is 15.0. The number of nitrogens with one attached hydrogen (secondary N) is 2. The van der Waals surface area contributed by atoms with Gasteiger partial charge in [0, 0.05) is 62.9 Å². The largest absolute Gasteiger partial charge is 0.390 e. The number of aliphatic hydroxyl groups excluding tert-OH is 3. The Labute approximate surface area is 391 Å². The van der Waals surface area contributed by atoms with Crippen molar-refractivity contribution in [3.05, 3.63) is 90.0 Å². The fourth-order valence-corrected chi connectivity index (χ4v) is 12.8. The molecule has 2 aliphatic heterocycles. The molecule has 4 aliphatic carbocycles. The lowest BCUT2D eigenvalue weighted by molar-refractivity contribution is -0.269. The van der Waals surface area contributed by atoms with Crippen LogP contribution < -0.4 is 10.6 Å². The van der Waals surface area contributed by atoms with Gasteiger partial charge in [0.2, 0.25) is 17.7 Å². The van der Waals surface area contributed by atoms with Crippen LogP contribution in [0, 0.1) is 22.2 Å². The Kier molecular flexibility index (Phi) is 13.9. The van der Waals surface area contributed by atoms with Gasteiger partial charge in [0.15, 0.2) is 29.1 Å². The van der Waals surface area contributed by atoms with Crippen LogP contribution in [0.25, 0.3) is 0 Å². The first-order chi connectivity index (χ1) is 31.9. The molecule has 1 saturated heterocycles. The van der Waals surface area contributed by atoms with Gasteiger partial charge in [-0.1, -0.05) is 49.9 Å². The Bertz CT molecular complexity index is 2370. The van der Waals surface area contributed by atoms with E-state index in [0.29, 0.717) is 11.3 Å². The van der Waals surface area contributed by atoms with Gasteiger partial charge in [-0.2, -0.15) is 0 Å². The van der Waals surface area contributed by atoms with E-state index in [1.165, 1.54) is 47.9 Å². The standard InChI is InChI=1S/C49H57F2N3O12S/c1-45-16-13-31(56)24-34(45)35(50)26-47(3)36-25-39-48(38(58)28-55,46(36,2)27-37(57)49(45,47)51)66-44(65-39)29-7-9-32(10-8-29)67-33-6-4-5-30(23-33)53-41(60)15-19-63-21-22-64-20-17-52-40(59)14-18-54-42(61)11-12-43(54)62/h4-13,16,23-24,35-37,39,42,44,55,57,61H,14-15,17-22,25-28H2,1-3H3,(H,52,59)(H,53,60)/t35-,36+,37-,39?,42?,44+,45-,46-,47?,48+,49-/m0/s1. The first-order valence-electron chi connectivity index (χ1n) is 22.6. The molecule has 2 heterocycles. The minimum absolute atomic E-state index is 0.000373. The zero-order valence-corrected chi connectivity index (χ0v) is 38.4. The summed E-state index contributed by atoms with van der Waals surface area (Å²) in [7, 11) is 0. The van der Waals surface area contributed by atoms with Gasteiger partial charge >= 0.3 is 0 Å². The number of hydrogen-bond acceptors (Lipinski definition) is 13. The van der Waals surface area contributed by atoms with Crippen LogP contribution in [0.2, 0.25) is 0 Å². The number of ether oxygens (including phenoxy) is 4. The fraction of sp³-hybridized carbons (Fsp3) is 0.531. The van der Waals surface area contributed by atoms with Crippen molar-refractivity contribution in [2.75, 3.05) is 51.4 Å². The summed E-state index contributed by atoms with van der Waals surface area (Å²) in [5, 5.41) is 37.6. The van der Waals surface area contributed by atoms with Gasteiger partial charge in [0.25, 0.3) is 0 Å². The second-order valence-electron chi connectivity index (χ2n) is 18.8. The zero-order valence-electron chi connectivity index (χ0n) is 37.6. The highest BCUT2D eigenvalue weighted by atomic mass is 32.2. The monoisotopic (exact) mass is 949 g/mol. The van der Waals surface area contributed by atoms with Gasteiger partial charge < -0.3 is 49.8 Å². The maximum absolute atomic E-state index is 18.1. The van der Waals surface area contributed by atoms with E-state index < -0.39 is 82.5 Å². The van der Waals surface area contributed by atoms with Crippen LogP contribution in [0.3, 0.4) is 0 Å². The van der Waals surface area contributed by atoms with Crippen LogP contribution in [-0.4, -0.2) is 132 Å². The number of hydrogen-bond donors (Lipinski definition) is 5. The first kappa shape index (κ1) is 48.8. The van der Waals surface area contributed by atoms with Gasteiger partial charge in [-0.25, -0.2) is 8.78 Å². The van der Waals surface area contributed by atoms with E-state index in [1.54, 1.807) is 32.0 Å². The quantitative estimate of drug-likeness (QED) is 0.131. The van der Waals surface area contributed by atoms with Crippen LogP contribution in [0.4, 0.5) is 14.5 Å². The molecule has 0 aromatic heterocycles. The van der Waals surface area contributed by atoms with E-state index in [1.807, 2.05) is 30.3 Å². The van der Waals surface area contributed by atoms with E-state index in [2.05, 4.69) is 10.6 Å². The average molecular weight is 950 g/mol. The number of fused-ring (bicyclic) bond motifs is 7. The van der Waals surface area contributed by atoms with Crippen molar-refractivity contribution in [3.8, 4) is 0 Å². The number of carbonyl (C=O) groups is 5. The van der Waals surface area contributed by atoms with Crippen molar-refractivity contribution >= 4 is 46.7 Å². The number of allylic oxidation sites excluding steroid dienone is 4. The van der Waals surface area contributed by atoms with Gasteiger partial charge in [0.1, 0.15) is 19.0 Å². The van der Waals surface area contributed by atoms with Crippen LogP contribution in [0.15, 0.2) is 94.3 Å².